The Labute approximate surface area is 68.4 Å². The van der Waals surface area contributed by atoms with E-state index in [2.05, 4.69) is 32.9 Å². The molecule has 0 unspecified atom stereocenters. The monoisotopic (exact) mass is 198 g/mol. The van der Waals surface area contributed by atoms with Crippen LogP contribution in [0.1, 0.15) is 5.69 Å². The first-order chi connectivity index (χ1) is 4.84. The average molecular weight is 199 g/mol. The summed E-state index contributed by atoms with van der Waals surface area (Å²) >= 11 is 3.22. The zero-order valence-corrected chi connectivity index (χ0v) is 7.22. The van der Waals surface area contributed by atoms with Crippen LogP contribution in [-0.2, 0) is 7.05 Å². The van der Waals surface area contributed by atoms with Crippen LogP contribution in [0.4, 0.5) is 0 Å². The first-order valence-corrected chi connectivity index (χ1v) is 3.99. The molecular weight excluding hydrogens is 192 g/mol. The van der Waals surface area contributed by atoms with E-state index in [0.29, 0.717) is 5.33 Å². The Bertz CT molecular complexity index is 267. The smallest absolute Gasteiger partial charge is 0.110 e. The molecule has 0 aliphatic heterocycles. The van der Waals surface area contributed by atoms with Crippen LogP contribution in [0, 0.1) is 11.8 Å². The molecular formula is C7H7BrN2. The largest absolute Gasteiger partial charge is 0.260 e. The number of hydrogen-bond donors (Lipinski definition) is 0. The molecule has 3 heteroatoms. The van der Waals surface area contributed by atoms with Crippen molar-refractivity contribution in [1.82, 2.24) is 9.78 Å². The molecule has 0 saturated carbocycles. The molecule has 0 radical (unpaired) electrons. The molecule has 0 saturated heterocycles. The second-order valence-electron chi connectivity index (χ2n) is 1.78. The minimum Gasteiger partial charge on any atom is -0.260 e. The van der Waals surface area contributed by atoms with Crippen molar-refractivity contribution in [2.24, 2.45) is 7.05 Å². The predicted octanol–water partition coefficient (Wildman–Crippen LogP) is 1.17. The summed E-state index contributed by atoms with van der Waals surface area (Å²) in [7, 11) is 1.87. The predicted molar refractivity (Wildman–Crippen MR) is 43.9 cm³/mol. The number of alkyl halides is 1. The van der Waals surface area contributed by atoms with E-state index in [1.807, 2.05) is 13.1 Å². The SMILES string of the molecule is Cn1nccc1C#CCBr. The second-order valence-corrected chi connectivity index (χ2v) is 2.34. The van der Waals surface area contributed by atoms with Crippen molar-refractivity contribution >= 4 is 15.9 Å². The van der Waals surface area contributed by atoms with Crippen LogP contribution in [0.15, 0.2) is 12.3 Å². The quantitative estimate of drug-likeness (QED) is 0.453. The van der Waals surface area contributed by atoms with Crippen molar-refractivity contribution in [3.8, 4) is 11.8 Å². The normalized spacial score (nSPS) is 8.60. The Morgan fingerprint density at radius 1 is 1.80 bits per heavy atom. The van der Waals surface area contributed by atoms with E-state index in [-0.39, 0.29) is 0 Å². The summed E-state index contributed by atoms with van der Waals surface area (Å²) < 4.78 is 1.75. The summed E-state index contributed by atoms with van der Waals surface area (Å²) in [5.41, 5.74) is 0.944. The van der Waals surface area contributed by atoms with Crippen LogP contribution < -0.4 is 0 Å². The fraction of sp³-hybridized carbons (Fsp3) is 0.286. The maximum absolute atomic E-state index is 3.97. The van der Waals surface area contributed by atoms with Crippen LogP contribution in [0.3, 0.4) is 0 Å². The third-order valence-electron chi connectivity index (χ3n) is 1.10. The molecule has 0 aliphatic rings. The zero-order valence-electron chi connectivity index (χ0n) is 5.63. The van der Waals surface area contributed by atoms with Gasteiger partial charge in [0.2, 0.25) is 0 Å². The van der Waals surface area contributed by atoms with Gasteiger partial charge in [-0.2, -0.15) is 5.10 Å². The van der Waals surface area contributed by atoms with Gasteiger partial charge in [-0.15, -0.1) is 0 Å². The number of hydrogen-bond acceptors (Lipinski definition) is 1. The van der Waals surface area contributed by atoms with Crippen LogP contribution in [0.25, 0.3) is 0 Å². The Hall–Kier alpha value is -0.750. The zero-order chi connectivity index (χ0) is 7.40. The number of aryl methyl sites for hydroxylation is 1. The number of aromatic nitrogens is 2. The molecule has 1 heterocycles. The molecule has 0 fully saturated rings. The summed E-state index contributed by atoms with van der Waals surface area (Å²) in [6, 6.07) is 1.88. The fourth-order valence-electron chi connectivity index (χ4n) is 0.621. The van der Waals surface area contributed by atoms with Gasteiger partial charge in [-0.25, -0.2) is 0 Å². The van der Waals surface area contributed by atoms with E-state index >= 15 is 0 Å². The number of rotatable bonds is 0. The van der Waals surface area contributed by atoms with Crippen LogP contribution >= 0.6 is 15.9 Å². The van der Waals surface area contributed by atoms with Gasteiger partial charge in [-0.05, 0) is 12.0 Å². The summed E-state index contributed by atoms with van der Waals surface area (Å²) in [6.07, 6.45) is 1.73. The molecule has 0 amide bonds. The lowest BCUT2D eigenvalue weighted by Crippen LogP contribution is -1.92. The molecule has 52 valence electrons. The Morgan fingerprint density at radius 3 is 3.10 bits per heavy atom. The second kappa shape index (κ2) is 3.43. The molecule has 1 rings (SSSR count). The average Bonchev–Trinajstić information content (AvgIpc) is 2.31. The van der Waals surface area contributed by atoms with Gasteiger partial charge in [0, 0.05) is 7.05 Å². The van der Waals surface area contributed by atoms with E-state index in [1.54, 1.807) is 10.9 Å². The third kappa shape index (κ3) is 1.61. The highest BCUT2D eigenvalue weighted by atomic mass is 79.9. The fourth-order valence-corrected chi connectivity index (χ4v) is 0.761. The molecule has 0 atom stereocenters. The van der Waals surface area contributed by atoms with Gasteiger partial charge in [0.1, 0.15) is 5.69 Å². The maximum Gasteiger partial charge on any atom is 0.110 e. The number of nitrogens with zero attached hydrogens (tertiary/aromatic N) is 2. The molecule has 0 N–H and O–H groups in total. The van der Waals surface area contributed by atoms with Crippen molar-refractivity contribution in [2.45, 2.75) is 0 Å². The van der Waals surface area contributed by atoms with E-state index < -0.39 is 0 Å². The van der Waals surface area contributed by atoms with Crippen LogP contribution in [0.2, 0.25) is 0 Å². The molecule has 0 spiro atoms. The van der Waals surface area contributed by atoms with Gasteiger partial charge in [-0.3, -0.25) is 4.68 Å². The van der Waals surface area contributed by atoms with E-state index in [9.17, 15) is 0 Å². The minimum atomic E-state index is 0.707. The molecule has 0 bridgehead atoms. The first-order valence-electron chi connectivity index (χ1n) is 2.87. The van der Waals surface area contributed by atoms with Crippen molar-refractivity contribution in [1.29, 1.82) is 0 Å². The van der Waals surface area contributed by atoms with Gasteiger partial charge in [0.05, 0.1) is 11.5 Å². The molecule has 1 aromatic heterocycles. The van der Waals surface area contributed by atoms with Crippen molar-refractivity contribution in [3.63, 3.8) is 0 Å². The van der Waals surface area contributed by atoms with Crippen molar-refractivity contribution in [3.05, 3.63) is 18.0 Å². The van der Waals surface area contributed by atoms with E-state index in [4.69, 9.17) is 0 Å². The molecule has 2 nitrogen and oxygen atoms in total. The Balaban J connectivity index is 2.84. The lowest BCUT2D eigenvalue weighted by Gasteiger charge is -1.87. The minimum absolute atomic E-state index is 0.707. The topological polar surface area (TPSA) is 17.8 Å². The third-order valence-corrected chi connectivity index (χ3v) is 1.38. The molecule has 0 aromatic carbocycles. The van der Waals surface area contributed by atoms with Gasteiger partial charge in [0.25, 0.3) is 0 Å². The van der Waals surface area contributed by atoms with E-state index in [1.165, 1.54) is 0 Å². The maximum atomic E-state index is 3.97. The van der Waals surface area contributed by atoms with Crippen LogP contribution in [-0.4, -0.2) is 15.1 Å². The standard InChI is InChI=1S/C7H7BrN2/c1-10-7(3-2-5-8)4-6-9-10/h4,6H,5H2,1H3. The van der Waals surface area contributed by atoms with Crippen molar-refractivity contribution < 1.29 is 0 Å². The first kappa shape index (κ1) is 7.36. The van der Waals surface area contributed by atoms with Gasteiger partial charge in [-0.1, -0.05) is 21.9 Å². The summed E-state index contributed by atoms with van der Waals surface area (Å²) in [5.74, 6) is 5.84. The van der Waals surface area contributed by atoms with Crippen molar-refractivity contribution in [2.75, 3.05) is 5.33 Å². The number of halogens is 1. The summed E-state index contributed by atoms with van der Waals surface area (Å²) in [6.45, 7) is 0. The van der Waals surface area contributed by atoms with Crippen LogP contribution in [0.5, 0.6) is 0 Å². The highest BCUT2D eigenvalue weighted by Crippen LogP contribution is 1.91. The van der Waals surface area contributed by atoms with Gasteiger partial charge in [0.15, 0.2) is 0 Å². The van der Waals surface area contributed by atoms with Gasteiger partial charge >= 0.3 is 0 Å². The molecule has 0 aliphatic carbocycles. The van der Waals surface area contributed by atoms with Gasteiger partial charge < -0.3 is 0 Å². The Morgan fingerprint density at radius 2 is 2.60 bits per heavy atom. The van der Waals surface area contributed by atoms with E-state index in [0.717, 1.165) is 5.69 Å². The highest BCUT2D eigenvalue weighted by Gasteiger charge is 1.89. The summed E-state index contributed by atoms with van der Waals surface area (Å²) in [4.78, 5) is 0. The lowest BCUT2D eigenvalue weighted by atomic mass is 10.4. The molecule has 10 heavy (non-hydrogen) atoms. The highest BCUT2D eigenvalue weighted by molar-refractivity contribution is 9.09. The lowest BCUT2D eigenvalue weighted by molar-refractivity contribution is 0.757. The molecule has 1 aromatic rings. The summed E-state index contributed by atoms with van der Waals surface area (Å²) in [5, 5.41) is 4.67. The Kier molecular flexibility index (Phi) is 2.52.